The van der Waals surface area contributed by atoms with Crippen LogP contribution in [0.4, 0.5) is 5.69 Å². The Kier molecular flexibility index (Phi) is 4.32. The van der Waals surface area contributed by atoms with Gasteiger partial charge in [-0.2, -0.15) is 0 Å². The smallest absolute Gasteiger partial charge is 0.262 e. The fourth-order valence-electron chi connectivity index (χ4n) is 3.60. The first-order chi connectivity index (χ1) is 15.0. The van der Waals surface area contributed by atoms with Gasteiger partial charge in [-0.1, -0.05) is 24.3 Å². The molecule has 1 aliphatic heterocycles. The molecule has 5 rings (SSSR count). The van der Waals surface area contributed by atoms with Gasteiger partial charge in [0.15, 0.2) is 0 Å². The molecular formula is C23H17N5O3. The molecule has 0 saturated carbocycles. The van der Waals surface area contributed by atoms with Crippen LogP contribution >= 0.6 is 0 Å². The highest BCUT2D eigenvalue weighted by atomic mass is 16.2. The molecule has 0 fully saturated rings. The van der Waals surface area contributed by atoms with Gasteiger partial charge >= 0.3 is 0 Å². The molecule has 0 spiro atoms. The maximum atomic E-state index is 12.7. The predicted octanol–water partition coefficient (Wildman–Crippen LogP) is 2.94. The van der Waals surface area contributed by atoms with Crippen LogP contribution in [0.25, 0.3) is 17.0 Å². The number of aromatic nitrogens is 3. The van der Waals surface area contributed by atoms with E-state index in [4.69, 9.17) is 0 Å². The number of carbonyl (C=O) groups is 3. The van der Waals surface area contributed by atoms with Crippen LogP contribution < -0.4 is 5.32 Å². The highest BCUT2D eigenvalue weighted by Crippen LogP contribution is 2.26. The number of nitrogens with zero attached hydrogens (tertiary/aromatic N) is 4. The zero-order valence-electron chi connectivity index (χ0n) is 16.6. The summed E-state index contributed by atoms with van der Waals surface area (Å²) in [6.45, 7) is 1.51. The van der Waals surface area contributed by atoms with E-state index in [0.717, 1.165) is 21.7 Å². The standard InChI is InChI=1S/C23H17N5O3/c1-14-7-8-15(19-12-27-10-4-9-24-23(27)26-19)11-18(14)25-20(29)13-28-21(30)16-5-2-3-6-17(16)22(28)31/h2-12H,13H2,1H3,(H,25,29). The summed E-state index contributed by atoms with van der Waals surface area (Å²) >= 11 is 0. The lowest BCUT2D eigenvalue weighted by molar-refractivity contribution is -0.116. The first-order valence-corrected chi connectivity index (χ1v) is 9.67. The Hall–Kier alpha value is -4.33. The van der Waals surface area contributed by atoms with Crippen molar-refractivity contribution in [1.82, 2.24) is 19.3 Å². The Morgan fingerprint density at radius 3 is 2.48 bits per heavy atom. The molecule has 0 unspecified atom stereocenters. The van der Waals surface area contributed by atoms with Gasteiger partial charge < -0.3 is 5.32 Å². The molecule has 2 aromatic carbocycles. The number of aryl methyl sites for hydroxylation is 1. The first kappa shape index (κ1) is 18.7. The molecule has 0 saturated heterocycles. The molecule has 1 N–H and O–H groups in total. The van der Waals surface area contributed by atoms with Crippen LogP contribution in [0, 0.1) is 6.92 Å². The van der Waals surface area contributed by atoms with Crippen molar-refractivity contribution in [2.45, 2.75) is 6.92 Å². The molecule has 1 aliphatic rings. The number of rotatable bonds is 4. The van der Waals surface area contributed by atoms with Crippen molar-refractivity contribution in [3.8, 4) is 11.3 Å². The fraction of sp³-hybridized carbons (Fsp3) is 0.0870. The van der Waals surface area contributed by atoms with Gasteiger partial charge in [0.05, 0.1) is 16.8 Å². The molecule has 3 heterocycles. The van der Waals surface area contributed by atoms with Gasteiger partial charge in [-0.25, -0.2) is 9.97 Å². The van der Waals surface area contributed by atoms with E-state index < -0.39 is 17.7 Å². The van der Waals surface area contributed by atoms with Crippen LogP contribution in [0.2, 0.25) is 0 Å². The van der Waals surface area contributed by atoms with Gasteiger partial charge in [-0.05, 0) is 36.8 Å². The minimum Gasteiger partial charge on any atom is -0.324 e. The molecule has 31 heavy (non-hydrogen) atoms. The number of anilines is 1. The lowest BCUT2D eigenvalue weighted by Crippen LogP contribution is -2.37. The number of imide groups is 1. The molecular weight excluding hydrogens is 394 g/mol. The quantitative estimate of drug-likeness (QED) is 0.521. The highest BCUT2D eigenvalue weighted by Gasteiger charge is 2.36. The fourth-order valence-corrected chi connectivity index (χ4v) is 3.60. The van der Waals surface area contributed by atoms with Gasteiger partial charge in [0.1, 0.15) is 6.54 Å². The van der Waals surface area contributed by atoms with Crippen LogP contribution in [0.3, 0.4) is 0 Å². The van der Waals surface area contributed by atoms with Crippen LogP contribution in [0.15, 0.2) is 67.1 Å². The maximum Gasteiger partial charge on any atom is 0.262 e. The first-order valence-electron chi connectivity index (χ1n) is 9.67. The molecule has 0 bridgehead atoms. The third-order valence-electron chi connectivity index (χ3n) is 5.22. The third-order valence-corrected chi connectivity index (χ3v) is 5.22. The van der Waals surface area contributed by atoms with Gasteiger partial charge in [-0.3, -0.25) is 23.7 Å². The van der Waals surface area contributed by atoms with Crippen molar-refractivity contribution in [2.24, 2.45) is 0 Å². The van der Waals surface area contributed by atoms with Crippen molar-refractivity contribution >= 4 is 29.2 Å². The minimum atomic E-state index is -0.460. The largest absolute Gasteiger partial charge is 0.324 e. The summed E-state index contributed by atoms with van der Waals surface area (Å²) in [5.41, 5.74) is 3.60. The Morgan fingerprint density at radius 2 is 1.77 bits per heavy atom. The number of hydrogen-bond donors (Lipinski definition) is 1. The minimum absolute atomic E-state index is 0.318. The Balaban J connectivity index is 1.36. The number of fused-ring (bicyclic) bond motifs is 2. The third kappa shape index (κ3) is 3.24. The Bertz CT molecular complexity index is 1310. The second-order valence-corrected chi connectivity index (χ2v) is 7.27. The number of hydrogen-bond acceptors (Lipinski definition) is 5. The van der Waals surface area contributed by atoms with E-state index in [1.807, 2.05) is 48.0 Å². The van der Waals surface area contributed by atoms with Gasteiger partial charge in [-0.15, -0.1) is 0 Å². The van der Waals surface area contributed by atoms with Gasteiger partial charge in [0.2, 0.25) is 11.7 Å². The normalized spacial score (nSPS) is 13.0. The zero-order valence-corrected chi connectivity index (χ0v) is 16.6. The topological polar surface area (TPSA) is 96.7 Å². The van der Waals surface area contributed by atoms with Crippen LogP contribution in [-0.4, -0.2) is 43.5 Å². The number of carbonyl (C=O) groups excluding carboxylic acids is 3. The second-order valence-electron chi connectivity index (χ2n) is 7.27. The summed E-state index contributed by atoms with van der Waals surface area (Å²) < 4.78 is 1.82. The molecule has 4 aromatic rings. The molecule has 3 amide bonds. The molecule has 8 nitrogen and oxygen atoms in total. The van der Waals surface area contributed by atoms with E-state index in [0.29, 0.717) is 22.6 Å². The molecule has 152 valence electrons. The predicted molar refractivity (Wildman–Crippen MR) is 114 cm³/mol. The monoisotopic (exact) mass is 411 g/mol. The summed E-state index contributed by atoms with van der Waals surface area (Å²) in [5.74, 6) is -0.794. The maximum absolute atomic E-state index is 12.7. The molecule has 2 aromatic heterocycles. The molecule has 8 heteroatoms. The number of benzene rings is 2. The van der Waals surface area contributed by atoms with E-state index in [1.165, 1.54) is 0 Å². The van der Waals surface area contributed by atoms with E-state index in [1.54, 1.807) is 30.5 Å². The summed E-state index contributed by atoms with van der Waals surface area (Å²) in [4.78, 5) is 47.3. The summed E-state index contributed by atoms with van der Waals surface area (Å²) in [6.07, 6.45) is 5.39. The van der Waals surface area contributed by atoms with Gasteiger partial charge in [0, 0.05) is 29.8 Å². The Labute approximate surface area is 177 Å². The average molecular weight is 411 g/mol. The highest BCUT2D eigenvalue weighted by molar-refractivity contribution is 6.22. The lowest BCUT2D eigenvalue weighted by Gasteiger charge is -2.15. The SMILES string of the molecule is Cc1ccc(-c2cn3cccnc3n2)cc1NC(=O)CN1C(=O)c2ccccc2C1=O. The summed E-state index contributed by atoms with van der Waals surface area (Å²) in [7, 11) is 0. The van der Waals surface area contributed by atoms with E-state index in [9.17, 15) is 14.4 Å². The van der Waals surface area contributed by atoms with Gasteiger partial charge in [0.25, 0.3) is 11.8 Å². The van der Waals surface area contributed by atoms with E-state index >= 15 is 0 Å². The van der Waals surface area contributed by atoms with Crippen molar-refractivity contribution in [2.75, 3.05) is 11.9 Å². The van der Waals surface area contributed by atoms with Crippen molar-refractivity contribution in [3.05, 3.63) is 83.8 Å². The second kappa shape index (κ2) is 7.17. The van der Waals surface area contributed by atoms with Crippen molar-refractivity contribution < 1.29 is 14.4 Å². The summed E-state index contributed by atoms with van der Waals surface area (Å²) in [6, 6.07) is 14.0. The number of nitrogens with one attached hydrogen (secondary N) is 1. The van der Waals surface area contributed by atoms with Crippen LogP contribution in [0.5, 0.6) is 0 Å². The number of imidazole rings is 1. The summed E-state index contributed by atoms with van der Waals surface area (Å²) in [5, 5.41) is 2.81. The van der Waals surface area contributed by atoms with Crippen molar-refractivity contribution in [3.63, 3.8) is 0 Å². The van der Waals surface area contributed by atoms with Crippen LogP contribution in [-0.2, 0) is 4.79 Å². The Morgan fingerprint density at radius 1 is 1.03 bits per heavy atom. The van der Waals surface area contributed by atoms with Crippen molar-refractivity contribution in [1.29, 1.82) is 0 Å². The number of amides is 3. The average Bonchev–Trinajstić information content (AvgIpc) is 3.31. The van der Waals surface area contributed by atoms with E-state index in [2.05, 4.69) is 15.3 Å². The molecule has 0 atom stereocenters. The molecule has 0 radical (unpaired) electrons. The lowest BCUT2D eigenvalue weighted by atomic mass is 10.1. The zero-order chi connectivity index (χ0) is 21.5. The van der Waals surface area contributed by atoms with Crippen LogP contribution in [0.1, 0.15) is 26.3 Å². The molecule has 0 aliphatic carbocycles. The van der Waals surface area contributed by atoms with E-state index in [-0.39, 0.29) is 6.54 Å².